The lowest BCUT2D eigenvalue weighted by molar-refractivity contribution is -0.384. The largest absolute Gasteiger partial charge is 0.455 e. The van der Waals surface area contributed by atoms with Gasteiger partial charge in [-0.2, -0.15) is 5.10 Å². The molecule has 0 aliphatic carbocycles. The van der Waals surface area contributed by atoms with Gasteiger partial charge in [-0.1, -0.05) is 23.2 Å². The summed E-state index contributed by atoms with van der Waals surface area (Å²) in [7, 11) is 0. The number of nitro groups is 1. The molecule has 25 heavy (non-hydrogen) atoms. The molecule has 1 heterocycles. The highest BCUT2D eigenvalue weighted by Gasteiger charge is 2.14. The summed E-state index contributed by atoms with van der Waals surface area (Å²) in [5.41, 5.74) is 4.00. The first-order valence-corrected chi connectivity index (χ1v) is 7.87. The first-order valence-electron chi connectivity index (χ1n) is 7.12. The maximum absolute atomic E-state index is 10.9. The number of hydrazone groups is 1. The summed E-state index contributed by atoms with van der Waals surface area (Å²) in [6.45, 7) is 0. The summed E-state index contributed by atoms with van der Waals surface area (Å²) < 4.78 is 5.62. The zero-order valence-electron chi connectivity index (χ0n) is 12.6. The van der Waals surface area contributed by atoms with Gasteiger partial charge in [0.1, 0.15) is 11.5 Å². The molecule has 0 unspecified atom stereocenters. The van der Waals surface area contributed by atoms with Crippen molar-refractivity contribution in [2.24, 2.45) is 5.10 Å². The molecule has 0 saturated heterocycles. The lowest BCUT2D eigenvalue weighted by Crippen LogP contribution is -1.89. The number of anilines is 1. The van der Waals surface area contributed by atoms with Crippen LogP contribution in [-0.2, 0) is 0 Å². The minimum Gasteiger partial charge on any atom is -0.455 e. The Balaban J connectivity index is 1.76. The molecule has 0 bridgehead atoms. The second-order valence-electron chi connectivity index (χ2n) is 5.00. The van der Waals surface area contributed by atoms with Crippen molar-refractivity contribution in [2.45, 2.75) is 0 Å². The van der Waals surface area contributed by atoms with Crippen molar-refractivity contribution in [3.63, 3.8) is 0 Å². The van der Waals surface area contributed by atoms with Gasteiger partial charge >= 0.3 is 0 Å². The number of hydrogen-bond acceptors (Lipinski definition) is 5. The fourth-order valence-electron chi connectivity index (χ4n) is 2.08. The lowest BCUT2D eigenvalue weighted by atomic mass is 10.1. The van der Waals surface area contributed by atoms with E-state index in [1.807, 2.05) is 0 Å². The van der Waals surface area contributed by atoms with Crippen molar-refractivity contribution >= 4 is 40.8 Å². The van der Waals surface area contributed by atoms with E-state index in [4.69, 9.17) is 27.6 Å². The minimum atomic E-state index is -0.485. The van der Waals surface area contributed by atoms with Crippen molar-refractivity contribution in [3.05, 3.63) is 80.5 Å². The number of non-ortho nitro benzene ring substituents is 1. The average molecular weight is 376 g/mol. The van der Waals surface area contributed by atoms with Crippen LogP contribution in [0.2, 0.25) is 10.0 Å². The zero-order chi connectivity index (χ0) is 17.8. The summed E-state index contributed by atoms with van der Waals surface area (Å²) in [5.74, 6) is 0.890. The third kappa shape index (κ3) is 4.17. The molecule has 1 N–H and O–H groups in total. The van der Waals surface area contributed by atoms with E-state index in [2.05, 4.69) is 10.5 Å². The maximum Gasteiger partial charge on any atom is 0.270 e. The van der Waals surface area contributed by atoms with Crippen molar-refractivity contribution in [1.29, 1.82) is 0 Å². The SMILES string of the molecule is O=[N+]([O-])c1ccc(Cl)c(-c2ccc(/C=N/Nc3ccc(Cl)cc3)o2)c1. The Morgan fingerprint density at radius 3 is 2.56 bits per heavy atom. The van der Waals surface area contributed by atoms with Crippen LogP contribution >= 0.6 is 23.2 Å². The molecule has 0 aliphatic heterocycles. The van der Waals surface area contributed by atoms with Crippen LogP contribution in [0.5, 0.6) is 0 Å². The number of nitro benzene ring substituents is 1. The van der Waals surface area contributed by atoms with Gasteiger partial charge in [0.2, 0.25) is 0 Å². The molecular formula is C17H11Cl2N3O3. The van der Waals surface area contributed by atoms with E-state index in [1.54, 1.807) is 36.4 Å². The molecule has 8 heteroatoms. The van der Waals surface area contributed by atoms with Crippen LogP contribution in [0, 0.1) is 10.1 Å². The molecule has 0 aliphatic rings. The second-order valence-corrected chi connectivity index (χ2v) is 5.84. The molecule has 3 rings (SSSR count). The molecule has 2 aromatic carbocycles. The first-order chi connectivity index (χ1) is 12.0. The maximum atomic E-state index is 10.9. The van der Waals surface area contributed by atoms with Gasteiger partial charge in [-0.25, -0.2) is 0 Å². The Morgan fingerprint density at radius 2 is 1.84 bits per heavy atom. The molecule has 126 valence electrons. The summed E-state index contributed by atoms with van der Waals surface area (Å²) in [6, 6.07) is 14.6. The Bertz CT molecular complexity index is 937. The standard InChI is InChI=1S/C17H11Cl2N3O3/c18-11-1-3-12(4-2-11)21-20-10-14-6-8-17(25-14)15-9-13(22(23)24)5-7-16(15)19/h1-10,21H/b20-10+. The number of nitrogens with one attached hydrogen (secondary N) is 1. The molecule has 0 saturated carbocycles. The molecular weight excluding hydrogens is 365 g/mol. The van der Waals surface area contributed by atoms with Gasteiger partial charge in [0.05, 0.1) is 21.8 Å². The number of furan rings is 1. The van der Waals surface area contributed by atoms with Crippen LogP contribution in [-0.4, -0.2) is 11.1 Å². The molecule has 0 atom stereocenters. The van der Waals surface area contributed by atoms with Crippen molar-refractivity contribution in [2.75, 3.05) is 5.43 Å². The van der Waals surface area contributed by atoms with Gasteiger partial charge in [-0.15, -0.1) is 0 Å². The summed E-state index contributed by atoms with van der Waals surface area (Å²) in [4.78, 5) is 10.4. The predicted molar refractivity (Wildman–Crippen MR) is 98.5 cm³/mol. The van der Waals surface area contributed by atoms with E-state index in [-0.39, 0.29) is 5.69 Å². The highest BCUT2D eigenvalue weighted by Crippen LogP contribution is 2.32. The number of benzene rings is 2. The van der Waals surface area contributed by atoms with E-state index in [1.165, 1.54) is 24.4 Å². The lowest BCUT2D eigenvalue weighted by Gasteiger charge is -2.01. The summed E-state index contributed by atoms with van der Waals surface area (Å²) in [5, 5.41) is 16.0. The molecule has 3 aromatic rings. The first kappa shape index (κ1) is 17.0. The van der Waals surface area contributed by atoms with E-state index in [0.29, 0.717) is 27.1 Å². The summed E-state index contributed by atoms with van der Waals surface area (Å²) in [6.07, 6.45) is 1.49. The highest BCUT2D eigenvalue weighted by molar-refractivity contribution is 6.33. The number of nitrogens with zero attached hydrogens (tertiary/aromatic N) is 2. The van der Waals surface area contributed by atoms with Crippen LogP contribution in [0.3, 0.4) is 0 Å². The zero-order valence-corrected chi connectivity index (χ0v) is 14.2. The van der Waals surface area contributed by atoms with E-state index in [0.717, 1.165) is 5.69 Å². The quantitative estimate of drug-likeness (QED) is 0.357. The summed E-state index contributed by atoms with van der Waals surface area (Å²) >= 11 is 11.9. The van der Waals surface area contributed by atoms with Crippen LogP contribution in [0.1, 0.15) is 5.76 Å². The average Bonchev–Trinajstić information content (AvgIpc) is 3.05. The van der Waals surface area contributed by atoms with Gasteiger partial charge in [0.15, 0.2) is 0 Å². The molecule has 6 nitrogen and oxygen atoms in total. The fourth-order valence-corrected chi connectivity index (χ4v) is 2.41. The third-order valence-electron chi connectivity index (χ3n) is 3.28. The Kier molecular flexibility index (Phi) is 5.02. The number of rotatable bonds is 5. The Labute approximate surface area is 152 Å². The number of hydrogen-bond donors (Lipinski definition) is 1. The van der Waals surface area contributed by atoms with Crippen molar-refractivity contribution < 1.29 is 9.34 Å². The third-order valence-corrected chi connectivity index (χ3v) is 3.86. The van der Waals surface area contributed by atoms with E-state index < -0.39 is 4.92 Å². The monoisotopic (exact) mass is 375 g/mol. The fraction of sp³-hybridized carbons (Fsp3) is 0. The minimum absolute atomic E-state index is 0.0598. The number of halogens is 2. The van der Waals surface area contributed by atoms with Crippen LogP contribution in [0.25, 0.3) is 11.3 Å². The van der Waals surface area contributed by atoms with Gasteiger partial charge < -0.3 is 4.42 Å². The topological polar surface area (TPSA) is 80.7 Å². The highest BCUT2D eigenvalue weighted by atomic mass is 35.5. The normalized spacial score (nSPS) is 11.0. The van der Waals surface area contributed by atoms with Crippen molar-refractivity contribution in [3.8, 4) is 11.3 Å². The Hall–Kier alpha value is -2.83. The van der Waals surface area contributed by atoms with Crippen LogP contribution in [0.4, 0.5) is 11.4 Å². The Morgan fingerprint density at radius 1 is 1.08 bits per heavy atom. The molecule has 0 radical (unpaired) electrons. The van der Waals surface area contributed by atoms with Crippen LogP contribution in [0.15, 0.2) is 64.1 Å². The predicted octanol–water partition coefficient (Wildman–Crippen LogP) is 5.61. The van der Waals surface area contributed by atoms with E-state index in [9.17, 15) is 10.1 Å². The van der Waals surface area contributed by atoms with Gasteiger partial charge in [-0.3, -0.25) is 15.5 Å². The van der Waals surface area contributed by atoms with Crippen molar-refractivity contribution in [1.82, 2.24) is 0 Å². The van der Waals surface area contributed by atoms with Crippen LogP contribution < -0.4 is 5.43 Å². The molecule has 0 spiro atoms. The van der Waals surface area contributed by atoms with E-state index >= 15 is 0 Å². The van der Waals surface area contributed by atoms with Gasteiger partial charge in [0.25, 0.3) is 5.69 Å². The van der Waals surface area contributed by atoms with Gasteiger partial charge in [-0.05, 0) is 42.5 Å². The molecule has 0 fully saturated rings. The van der Waals surface area contributed by atoms with Gasteiger partial charge in [0, 0.05) is 22.7 Å². The smallest absolute Gasteiger partial charge is 0.270 e. The molecule has 1 aromatic heterocycles. The molecule has 0 amide bonds. The second kappa shape index (κ2) is 7.38.